The number of aliphatic hydroxyl groups is 1. The molecule has 96 valence electrons. The van der Waals surface area contributed by atoms with E-state index in [4.69, 9.17) is 5.11 Å². The summed E-state index contributed by atoms with van der Waals surface area (Å²) in [6.45, 7) is 3.07. The van der Waals surface area contributed by atoms with Crippen LogP contribution in [0.2, 0.25) is 0 Å². The second kappa shape index (κ2) is 6.19. The first-order chi connectivity index (χ1) is 8.11. The third kappa shape index (κ3) is 3.16. The summed E-state index contributed by atoms with van der Waals surface area (Å²) in [6, 6.07) is 0. The van der Waals surface area contributed by atoms with E-state index < -0.39 is 4.92 Å². The third-order valence-electron chi connectivity index (χ3n) is 2.51. The van der Waals surface area contributed by atoms with Gasteiger partial charge in [0, 0.05) is 20.1 Å². The summed E-state index contributed by atoms with van der Waals surface area (Å²) in [4.78, 5) is 15.9. The molecule has 1 aromatic heterocycles. The number of hydrogen-bond donors (Lipinski definition) is 1. The maximum Gasteiger partial charge on any atom is 0.406 e. The van der Waals surface area contributed by atoms with Gasteiger partial charge in [-0.05, 0) is 16.3 Å². The van der Waals surface area contributed by atoms with Gasteiger partial charge in [0.2, 0.25) is 12.1 Å². The Kier molecular flexibility index (Phi) is 4.89. The van der Waals surface area contributed by atoms with Gasteiger partial charge < -0.3 is 20.1 Å². The quantitative estimate of drug-likeness (QED) is 0.568. The highest BCUT2D eigenvalue weighted by atomic mass is 16.6. The molecule has 0 atom stereocenters. The summed E-state index contributed by atoms with van der Waals surface area (Å²) in [5, 5.41) is 19.9. The predicted molar refractivity (Wildman–Crippen MR) is 64.1 cm³/mol. The lowest BCUT2D eigenvalue weighted by atomic mass is 10.3. The third-order valence-corrected chi connectivity index (χ3v) is 2.51. The van der Waals surface area contributed by atoms with Crippen LogP contribution in [0.5, 0.6) is 0 Å². The molecule has 0 aromatic carbocycles. The van der Waals surface area contributed by atoms with Crippen LogP contribution in [-0.2, 0) is 7.05 Å². The Morgan fingerprint density at radius 1 is 1.59 bits per heavy atom. The van der Waals surface area contributed by atoms with Crippen LogP contribution in [0.15, 0.2) is 6.33 Å². The maximum absolute atomic E-state index is 10.9. The SMILES string of the molecule is CCCCN(CCO)c1c([N+](=O)[O-])ncn1C. The maximum atomic E-state index is 10.9. The second-order valence-electron chi connectivity index (χ2n) is 3.82. The van der Waals surface area contributed by atoms with Crippen LogP contribution >= 0.6 is 0 Å². The topological polar surface area (TPSA) is 84.4 Å². The molecule has 1 rings (SSSR count). The van der Waals surface area contributed by atoms with Crippen molar-refractivity contribution in [2.75, 3.05) is 24.6 Å². The summed E-state index contributed by atoms with van der Waals surface area (Å²) >= 11 is 0. The van der Waals surface area contributed by atoms with Gasteiger partial charge in [-0.2, -0.15) is 0 Å². The Labute approximate surface area is 99.8 Å². The fraction of sp³-hybridized carbons (Fsp3) is 0.700. The molecule has 1 N–H and O–H groups in total. The van der Waals surface area contributed by atoms with Crippen molar-refractivity contribution in [2.24, 2.45) is 7.05 Å². The zero-order valence-corrected chi connectivity index (χ0v) is 10.2. The molecule has 0 saturated carbocycles. The summed E-state index contributed by atoms with van der Waals surface area (Å²) in [5.74, 6) is 0.301. The van der Waals surface area contributed by atoms with Gasteiger partial charge in [0.05, 0.1) is 6.61 Å². The fourth-order valence-electron chi connectivity index (χ4n) is 1.70. The average molecular weight is 242 g/mol. The van der Waals surface area contributed by atoms with Gasteiger partial charge in [-0.3, -0.25) is 4.57 Å². The largest absolute Gasteiger partial charge is 0.406 e. The molecule has 0 unspecified atom stereocenters. The van der Waals surface area contributed by atoms with Crippen LogP contribution in [-0.4, -0.2) is 39.3 Å². The Balaban J connectivity index is 2.98. The molecule has 0 aliphatic heterocycles. The molecule has 0 radical (unpaired) electrons. The number of nitrogens with zero attached hydrogens (tertiary/aromatic N) is 4. The van der Waals surface area contributed by atoms with E-state index >= 15 is 0 Å². The minimum atomic E-state index is -0.494. The Bertz CT molecular complexity index is 378. The van der Waals surface area contributed by atoms with E-state index in [0.717, 1.165) is 12.8 Å². The van der Waals surface area contributed by atoms with Crippen LogP contribution in [0.4, 0.5) is 11.6 Å². The van der Waals surface area contributed by atoms with Crippen molar-refractivity contribution in [3.8, 4) is 0 Å². The standard InChI is InChI=1S/C10H18N4O3/c1-3-4-5-13(6-7-15)10-9(14(16)17)11-8-12(10)2/h8,15H,3-7H2,1-2H3. The molecule has 0 saturated heterocycles. The van der Waals surface area contributed by atoms with E-state index in [1.807, 2.05) is 0 Å². The Morgan fingerprint density at radius 2 is 2.29 bits per heavy atom. The molecule has 0 bridgehead atoms. The molecule has 0 aliphatic rings. The van der Waals surface area contributed by atoms with Crippen LogP contribution in [0.3, 0.4) is 0 Å². The molecule has 1 heterocycles. The molecular formula is C10H18N4O3. The van der Waals surface area contributed by atoms with Gasteiger partial charge in [-0.15, -0.1) is 0 Å². The van der Waals surface area contributed by atoms with Gasteiger partial charge >= 0.3 is 5.82 Å². The van der Waals surface area contributed by atoms with Gasteiger partial charge in [-0.25, -0.2) is 0 Å². The average Bonchev–Trinajstić information content (AvgIpc) is 2.66. The van der Waals surface area contributed by atoms with Crippen LogP contribution in [0.25, 0.3) is 0 Å². The molecule has 17 heavy (non-hydrogen) atoms. The molecule has 0 fully saturated rings. The number of aromatic nitrogens is 2. The Morgan fingerprint density at radius 3 is 2.82 bits per heavy atom. The van der Waals surface area contributed by atoms with Gasteiger partial charge in [0.25, 0.3) is 0 Å². The van der Waals surface area contributed by atoms with Crippen molar-refractivity contribution in [1.82, 2.24) is 9.55 Å². The van der Waals surface area contributed by atoms with Crippen molar-refractivity contribution >= 4 is 11.6 Å². The highest BCUT2D eigenvalue weighted by Gasteiger charge is 2.24. The number of nitro groups is 1. The predicted octanol–water partition coefficient (Wildman–Crippen LogP) is 0.927. The zero-order chi connectivity index (χ0) is 12.8. The lowest BCUT2D eigenvalue weighted by Crippen LogP contribution is -2.30. The molecule has 0 aliphatic carbocycles. The molecule has 0 spiro atoms. The van der Waals surface area contributed by atoms with Crippen molar-refractivity contribution in [1.29, 1.82) is 0 Å². The van der Waals surface area contributed by atoms with Gasteiger partial charge in [0.15, 0.2) is 0 Å². The molecule has 7 heteroatoms. The van der Waals surface area contributed by atoms with Crippen molar-refractivity contribution < 1.29 is 10.0 Å². The highest BCUT2D eigenvalue weighted by molar-refractivity contribution is 5.54. The van der Waals surface area contributed by atoms with E-state index in [-0.39, 0.29) is 12.4 Å². The zero-order valence-electron chi connectivity index (χ0n) is 10.2. The first kappa shape index (κ1) is 13.4. The summed E-state index contributed by atoms with van der Waals surface area (Å²) in [6.07, 6.45) is 3.33. The first-order valence-electron chi connectivity index (χ1n) is 5.63. The van der Waals surface area contributed by atoms with Crippen molar-refractivity contribution in [2.45, 2.75) is 19.8 Å². The first-order valence-corrected chi connectivity index (χ1v) is 5.63. The number of rotatable bonds is 7. The number of anilines is 1. The Hall–Kier alpha value is -1.63. The second-order valence-corrected chi connectivity index (χ2v) is 3.82. The molecule has 0 amide bonds. The van der Waals surface area contributed by atoms with Crippen molar-refractivity contribution in [3.63, 3.8) is 0 Å². The van der Waals surface area contributed by atoms with Crippen LogP contribution in [0.1, 0.15) is 19.8 Å². The van der Waals surface area contributed by atoms with E-state index in [1.165, 1.54) is 6.33 Å². The van der Waals surface area contributed by atoms with E-state index in [0.29, 0.717) is 18.9 Å². The van der Waals surface area contributed by atoms with Crippen molar-refractivity contribution in [3.05, 3.63) is 16.4 Å². The summed E-state index contributed by atoms with van der Waals surface area (Å²) in [7, 11) is 1.71. The molecule has 1 aromatic rings. The lowest BCUT2D eigenvalue weighted by molar-refractivity contribution is -0.388. The number of aryl methyl sites for hydroxylation is 1. The van der Waals surface area contributed by atoms with Crippen LogP contribution < -0.4 is 4.90 Å². The fourth-order valence-corrected chi connectivity index (χ4v) is 1.70. The smallest absolute Gasteiger partial charge is 0.395 e. The minimum Gasteiger partial charge on any atom is -0.395 e. The monoisotopic (exact) mass is 242 g/mol. The highest BCUT2D eigenvalue weighted by Crippen LogP contribution is 2.25. The number of unbranched alkanes of at least 4 members (excludes halogenated alkanes) is 1. The number of imidazole rings is 1. The lowest BCUT2D eigenvalue weighted by Gasteiger charge is -2.22. The minimum absolute atomic E-state index is 0.0357. The van der Waals surface area contributed by atoms with Crippen LogP contribution in [0, 0.1) is 10.1 Å². The number of hydrogen-bond acceptors (Lipinski definition) is 5. The van der Waals surface area contributed by atoms with E-state index in [1.54, 1.807) is 16.5 Å². The summed E-state index contributed by atoms with van der Waals surface area (Å²) < 4.78 is 1.61. The van der Waals surface area contributed by atoms with Gasteiger partial charge in [-0.1, -0.05) is 13.3 Å². The molecular weight excluding hydrogens is 224 g/mol. The van der Waals surface area contributed by atoms with Gasteiger partial charge in [0.1, 0.15) is 0 Å². The molecule has 7 nitrogen and oxygen atoms in total. The summed E-state index contributed by atoms with van der Waals surface area (Å²) in [5.41, 5.74) is 0. The normalized spacial score (nSPS) is 10.5. The number of aliphatic hydroxyl groups excluding tert-OH is 1. The van der Waals surface area contributed by atoms with E-state index in [9.17, 15) is 10.1 Å². The van der Waals surface area contributed by atoms with E-state index in [2.05, 4.69) is 11.9 Å².